The van der Waals surface area contributed by atoms with Gasteiger partial charge in [0.25, 0.3) is 0 Å². The van der Waals surface area contributed by atoms with E-state index in [1.165, 1.54) is 6.42 Å². The smallest absolute Gasteiger partial charge is 0.222 e. The summed E-state index contributed by atoms with van der Waals surface area (Å²) in [5.74, 6) is 0.209. The molecule has 1 atom stereocenters. The lowest BCUT2D eigenvalue weighted by atomic mass is 9.72. The van der Waals surface area contributed by atoms with Crippen LogP contribution >= 0.6 is 0 Å². The molecule has 0 radical (unpaired) electrons. The molecule has 0 saturated heterocycles. The van der Waals surface area contributed by atoms with Gasteiger partial charge in [0.05, 0.1) is 0 Å². The van der Waals surface area contributed by atoms with Crippen molar-refractivity contribution in [3.63, 3.8) is 0 Å². The van der Waals surface area contributed by atoms with Crippen LogP contribution in [0, 0.1) is 5.41 Å². The minimum atomic E-state index is 0.0504. The molecule has 1 N–H and O–H groups in total. The standard InChI is InChI=1S/C14H25NO2/c1-15(2)13(17)12-14(10-6-7-11-16)8-4-3-5-9-14/h4,8,16H,3,5-7,9-12H2,1-2H3. The quantitative estimate of drug-likeness (QED) is 0.571. The predicted molar refractivity (Wildman–Crippen MR) is 69.7 cm³/mol. The average molecular weight is 239 g/mol. The van der Waals surface area contributed by atoms with Gasteiger partial charge in [-0.3, -0.25) is 4.79 Å². The van der Waals surface area contributed by atoms with Crippen molar-refractivity contribution in [1.82, 2.24) is 4.90 Å². The molecule has 3 heteroatoms. The Morgan fingerprint density at radius 1 is 1.41 bits per heavy atom. The number of rotatable bonds is 6. The fourth-order valence-corrected chi connectivity index (χ4v) is 2.48. The molecule has 0 aromatic carbocycles. The Morgan fingerprint density at radius 3 is 2.71 bits per heavy atom. The maximum Gasteiger partial charge on any atom is 0.222 e. The zero-order valence-corrected chi connectivity index (χ0v) is 11.1. The van der Waals surface area contributed by atoms with E-state index in [2.05, 4.69) is 12.2 Å². The topological polar surface area (TPSA) is 40.5 Å². The molecule has 0 saturated carbocycles. The number of unbranched alkanes of at least 4 members (excludes halogenated alkanes) is 1. The first-order valence-electron chi connectivity index (χ1n) is 6.58. The Balaban J connectivity index is 2.61. The number of nitrogens with zero attached hydrogens (tertiary/aromatic N) is 1. The van der Waals surface area contributed by atoms with Gasteiger partial charge in [0.15, 0.2) is 0 Å². The lowest BCUT2D eigenvalue weighted by Gasteiger charge is -2.33. The summed E-state index contributed by atoms with van der Waals surface area (Å²) in [7, 11) is 3.63. The predicted octanol–water partition coefficient (Wildman–Crippen LogP) is 2.35. The van der Waals surface area contributed by atoms with E-state index in [1.54, 1.807) is 4.90 Å². The van der Waals surface area contributed by atoms with Gasteiger partial charge < -0.3 is 10.0 Å². The largest absolute Gasteiger partial charge is 0.396 e. The first kappa shape index (κ1) is 14.2. The van der Waals surface area contributed by atoms with Gasteiger partial charge in [-0.1, -0.05) is 18.6 Å². The Morgan fingerprint density at radius 2 is 2.18 bits per heavy atom. The zero-order valence-electron chi connectivity index (χ0n) is 11.1. The van der Waals surface area contributed by atoms with Crippen molar-refractivity contribution < 1.29 is 9.90 Å². The molecular weight excluding hydrogens is 214 g/mol. The first-order chi connectivity index (χ1) is 8.09. The van der Waals surface area contributed by atoms with Gasteiger partial charge in [0.1, 0.15) is 0 Å². The molecule has 0 bridgehead atoms. The summed E-state index contributed by atoms with van der Waals surface area (Å²) in [4.78, 5) is 13.6. The second-order valence-electron chi connectivity index (χ2n) is 5.30. The van der Waals surface area contributed by atoms with Crippen molar-refractivity contribution in [1.29, 1.82) is 0 Å². The number of allylic oxidation sites excluding steroid dienone is 2. The van der Waals surface area contributed by atoms with Crippen LogP contribution in [0.3, 0.4) is 0 Å². The van der Waals surface area contributed by atoms with Crippen LogP contribution in [0.5, 0.6) is 0 Å². The Bertz CT molecular complexity index is 273. The van der Waals surface area contributed by atoms with Crippen LogP contribution in [0.15, 0.2) is 12.2 Å². The van der Waals surface area contributed by atoms with Crippen molar-refractivity contribution >= 4 is 5.91 Å². The average Bonchev–Trinajstić information content (AvgIpc) is 2.30. The lowest BCUT2D eigenvalue weighted by Crippen LogP contribution is -2.31. The van der Waals surface area contributed by atoms with Gasteiger partial charge in [-0.25, -0.2) is 0 Å². The fraction of sp³-hybridized carbons (Fsp3) is 0.786. The minimum Gasteiger partial charge on any atom is -0.396 e. The summed E-state index contributed by atoms with van der Waals surface area (Å²) in [6.07, 6.45) is 11.3. The second-order valence-corrected chi connectivity index (χ2v) is 5.30. The van der Waals surface area contributed by atoms with Gasteiger partial charge in [0, 0.05) is 27.1 Å². The number of hydrogen-bond acceptors (Lipinski definition) is 2. The summed E-state index contributed by atoms with van der Waals surface area (Å²) in [5, 5.41) is 8.86. The highest BCUT2D eigenvalue weighted by molar-refractivity contribution is 5.76. The van der Waals surface area contributed by atoms with Crippen LogP contribution in [-0.4, -0.2) is 36.6 Å². The summed E-state index contributed by atoms with van der Waals surface area (Å²) in [6.45, 7) is 0.251. The monoisotopic (exact) mass is 239 g/mol. The third-order valence-electron chi connectivity index (χ3n) is 3.60. The summed E-state index contributed by atoms with van der Waals surface area (Å²) in [6, 6.07) is 0. The molecular formula is C14H25NO2. The van der Waals surface area contributed by atoms with Gasteiger partial charge in [0.2, 0.25) is 5.91 Å². The third kappa shape index (κ3) is 4.50. The molecule has 3 nitrogen and oxygen atoms in total. The van der Waals surface area contributed by atoms with Crippen molar-refractivity contribution in [2.75, 3.05) is 20.7 Å². The molecule has 0 aliphatic heterocycles. The molecule has 0 spiro atoms. The van der Waals surface area contributed by atoms with E-state index in [4.69, 9.17) is 5.11 Å². The van der Waals surface area contributed by atoms with E-state index in [9.17, 15) is 4.79 Å². The van der Waals surface area contributed by atoms with Gasteiger partial charge >= 0.3 is 0 Å². The van der Waals surface area contributed by atoms with E-state index in [1.807, 2.05) is 14.1 Å². The SMILES string of the molecule is CN(C)C(=O)CC1(CCCCO)C=CCCC1. The van der Waals surface area contributed by atoms with Crippen LogP contribution in [-0.2, 0) is 4.79 Å². The highest BCUT2D eigenvalue weighted by Crippen LogP contribution is 2.39. The van der Waals surface area contributed by atoms with E-state index < -0.39 is 0 Å². The Hall–Kier alpha value is -0.830. The number of hydrogen-bond donors (Lipinski definition) is 1. The number of aliphatic hydroxyl groups excluding tert-OH is 1. The summed E-state index contributed by atoms with van der Waals surface area (Å²) in [5.41, 5.74) is 0.0504. The molecule has 0 aromatic heterocycles. The number of carbonyl (C=O) groups is 1. The number of carbonyl (C=O) groups excluding carboxylic acids is 1. The molecule has 1 rings (SSSR count). The maximum atomic E-state index is 11.9. The molecule has 1 aliphatic carbocycles. The summed E-state index contributed by atoms with van der Waals surface area (Å²) < 4.78 is 0. The molecule has 1 aliphatic rings. The Kier molecular flexibility index (Phi) is 5.69. The molecule has 17 heavy (non-hydrogen) atoms. The van der Waals surface area contributed by atoms with E-state index in [-0.39, 0.29) is 17.9 Å². The van der Waals surface area contributed by atoms with Gasteiger partial charge in [-0.2, -0.15) is 0 Å². The Labute approximate surface area is 105 Å². The van der Waals surface area contributed by atoms with Crippen molar-refractivity contribution in [2.45, 2.75) is 44.9 Å². The zero-order chi connectivity index (χ0) is 12.7. The third-order valence-corrected chi connectivity index (χ3v) is 3.60. The van der Waals surface area contributed by atoms with Crippen LogP contribution in [0.1, 0.15) is 44.9 Å². The normalized spacial score (nSPS) is 23.7. The first-order valence-corrected chi connectivity index (χ1v) is 6.58. The highest BCUT2D eigenvalue weighted by atomic mass is 16.2. The molecule has 0 fully saturated rings. The molecule has 0 aromatic rings. The van der Waals surface area contributed by atoms with Crippen LogP contribution < -0.4 is 0 Å². The summed E-state index contributed by atoms with van der Waals surface area (Å²) >= 11 is 0. The highest BCUT2D eigenvalue weighted by Gasteiger charge is 2.31. The second kappa shape index (κ2) is 6.80. The van der Waals surface area contributed by atoms with E-state index in [0.29, 0.717) is 6.42 Å². The van der Waals surface area contributed by atoms with Crippen LogP contribution in [0.4, 0.5) is 0 Å². The van der Waals surface area contributed by atoms with E-state index in [0.717, 1.165) is 32.1 Å². The maximum absolute atomic E-state index is 11.9. The van der Waals surface area contributed by atoms with Gasteiger partial charge in [-0.05, 0) is 37.5 Å². The molecule has 1 unspecified atom stereocenters. The number of aliphatic hydroxyl groups is 1. The van der Waals surface area contributed by atoms with Crippen molar-refractivity contribution in [3.8, 4) is 0 Å². The van der Waals surface area contributed by atoms with Gasteiger partial charge in [-0.15, -0.1) is 0 Å². The molecule has 1 amide bonds. The lowest BCUT2D eigenvalue weighted by molar-refractivity contribution is -0.130. The van der Waals surface area contributed by atoms with Crippen molar-refractivity contribution in [3.05, 3.63) is 12.2 Å². The van der Waals surface area contributed by atoms with Crippen molar-refractivity contribution in [2.24, 2.45) is 5.41 Å². The van der Waals surface area contributed by atoms with E-state index >= 15 is 0 Å². The van der Waals surface area contributed by atoms with Crippen LogP contribution in [0.2, 0.25) is 0 Å². The van der Waals surface area contributed by atoms with Crippen LogP contribution in [0.25, 0.3) is 0 Å². The minimum absolute atomic E-state index is 0.0504. The fourth-order valence-electron chi connectivity index (χ4n) is 2.48. The molecule has 98 valence electrons. The number of amides is 1. The molecule has 0 heterocycles.